The molecular weight excluding hydrogens is 318 g/mol. The molecule has 3 aromatic rings. The first kappa shape index (κ1) is 16.9. The van der Waals surface area contributed by atoms with Gasteiger partial charge in [-0.1, -0.05) is 12.1 Å². The van der Waals surface area contributed by atoms with Crippen LogP contribution in [0.4, 0.5) is 0 Å². The van der Waals surface area contributed by atoms with E-state index in [9.17, 15) is 4.79 Å². The van der Waals surface area contributed by atoms with Gasteiger partial charge in [-0.3, -0.25) is 4.90 Å². The van der Waals surface area contributed by atoms with Crippen LogP contribution in [0.25, 0.3) is 0 Å². The quantitative estimate of drug-likeness (QED) is 0.667. The van der Waals surface area contributed by atoms with Gasteiger partial charge in [0.15, 0.2) is 0 Å². The number of hydrogen-bond acceptors (Lipinski definition) is 5. The molecule has 3 rings (SSSR count). The van der Waals surface area contributed by atoms with Crippen molar-refractivity contribution < 1.29 is 9.53 Å². The molecule has 0 aliphatic carbocycles. The molecule has 130 valence electrons. The Bertz CT molecular complexity index is 808. The molecule has 0 fully saturated rings. The summed E-state index contributed by atoms with van der Waals surface area (Å²) in [6.07, 6.45) is 7.30. The fraction of sp³-hybridized carbons (Fsp3) is 0.278. The molecule has 0 spiro atoms. The molecule has 0 bridgehead atoms. The molecule has 1 aromatic carbocycles. The molecule has 0 radical (unpaired) electrons. The smallest absolute Gasteiger partial charge is 0.337 e. The summed E-state index contributed by atoms with van der Waals surface area (Å²) in [7, 11) is 3.37. The highest BCUT2D eigenvalue weighted by atomic mass is 16.5. The minimum atomic E-state index is -0.327. The predicted octanol–water partition coefficient (Wildman–Crippen LogP) is 2.13. The van der Waals surface area contributed by atoms with Crippen LogP contribution >= 0.6 is 0 Å². The second kappa shape index (κ2) is 7.76. The molecule has 0 aliphatic rings. The van der Waals surface area contributed by atoms with Gasteiger partial charge >= 0.3 is 5.97 Å². The maximum atomic E-state index is 11.6. The zero-order chi connectivity index (χ0) is 17.6. The molecule has 2 aromatic heterocycles. The molecule has 25 heavy (non-hydrogen) atoms. The topological polar surface area (TPSA) is 76.0 Å². The molecule has 0 unspecified atom stereocenters. The average molecular weight is 339 g/mol. The summed E-state index contributed by atoms with van der Waals surface area (Å²) in [6, 6.07) is 7.46. The Hall–Kier alpha value is -2.93. The maximum Gasteiger partial charge on any atom is 0.337 e. The van der Waals surface area contributed by atoms with E-state index in [1.807, 2.05) is 36.1 Å². The second-order valence-corrected chi connectivity index (χ2v) is 5.82. The van der Waals surface area contributed by atoms with Crippen LogP contribution in [-0.2, 0) is 31.4 Å². The van der Waals surface area contributed by atoms with Gasteiger partial charge in [-0.25, -0.2) is 14.8 Å². The highest BCUT2D eigenvalue weighted by molar-refractivity contribution is 5.89. The lowest BCUT2D eigenvalue weighted by Gasteiger charge is -2.21. The average Bonchev–Trinajstić information content (AvgIpc) is 3.27. The molecule has 0 saturated carbocycles. The van der Waals surface area contributed by atoms with Gasteiger partial charge in [0.05, 0.1) is 25.8 Å². The van der Waals surface area contributed by atoms with Gasteiger partial charge in [0.25, 0.3) is 0 Å². The van der Waals surface area contributed by atoms with Gasteiger partial charge in [-0.15, -0.1) is 0 Å². The molecule has 7 nitrogen and oxygen atoms in total. The molecule has 7 heteroatoms. The molecule has 0 amide bonds. The molecular formula is C18H21N5O2. The number of H-pyrrole nitrogens is 1. The number of ether oxygens (including phenoxy) is 1. The molecule has 0 saturated heterocycles. The lowest BCUT2D eigenvalue weighted by Crippen LogP contribution is -2.24. The third-order valence-electron chi connectivity index (χ3n) is 4.00. The number of hydrogen-bond donors (Lipinski definition) is 1. The van der Waals surface area contributed by atoms with Crippen LogP contribution in [0.5, 0.6) is 0 Å². The third-order valence-corrected chi connectivity index (χ3v) is 4.00. The summed E-state index contributed by atoms with van der Waals surface area (Å²) in [5, 5.41) is 0. The van der Waals surface area contributed by atoms with Crippen molar-refractivity contribution in [2.75, 3.05) is 7.11 Å². The number of aromatic nitrogens is 4. The fourth-order valence-electron chi connectivity index (χ4n) is 2.64. The van der Waals surface area contributed by atoms with Crippen molar-refractivity contribution in [2.45, 2.75) is 19.6 Å². The first-order valence-corrected chi connectivity index (χ1v) is 8.00. The second-order valence-electron chi connectivity index (χ2n) is 5.82. The number of benzene rings is 1. The van der Waals surface area contributed by atoms with Gasteiger partial charge in [0, 0.05) is 38.4 Å². The molecule has 0 aliphatic heterocycles. The Labute approximate surface area is 146 Å². The lowest BCUT2D eigenvalue weighted by atomic mass is 10.1. The Balaban J connectivity index is 1.74. The Morgan fingerprint density at radius 2 is 1.96 bits per heavy atom. The van der Waals surface area contributed by atoms with Gasteiger partial charge in [-0.05, 0) is 17.7 Å². The molecule has 0 atom stereocenters. The third kappa shape index (κ3) is 4.33. The van der Waals surface area contributed by atoms with Crippen LogP contribution in [0.15, 0.2) is 49.1 Å². The Morgan fingerprint density at radius 1 is 1.16 bits per heavy atom. The van der Waals surface area contributed by atoms with E-state index in [2.05, 4.69) is 19.9 Å². The summed E-state index contributed by atoms with van der Waals surface area (Å²) in [5.41, 5.74) is 1.65. The van der Waals surface area contributed by atoms with Crippen molar-refractivity contribution in [3.05, 3.63) is 71.8 Å². The summed E-state index contributed by atoms with van der Waals surface area (Å²) < 4.78 is 6.75. The van der Waals surface area contributed by atoms with Crippen LogP contribution < -0.4 is 0 Å². The standard InChI is InChI=1S/C18H21N5O2/c1-22-10-9-21-17(22)13-23(12-16-19-7-8-20-16)11-14-3-5-15(6-4-14)18(24)25-2/h3-10H,11-13H2,1-2H3,(H,19,20). The van der Waals surface area contributed by atoms with Crippen molar-refractivity contribution in [1.29, 1.82) is 0 Å². The SMILES string of the molecule is COC(=O)c1ccc(CN(Cc2ncc[nH]2)Cc2nccn2C)cc1. The minimum Gasteiger partial charge on any atom is -0.465 e. The van der Waals surface area contributed by atoms with Crippen LogP contribution in [0.2, 0.25) is 0 Å². The number of carbonyl (C=O) groups is 1. The Kier molecular flexibility index (Phi) is 5.25. The summed E-state index contributed by atoms with van der Waals surface area (Å²) in [6.45, 7) is 2.09. The summed E-state index contributed by atoms with van der Waals surface area (Å²) >= 11 is 0. The zero-order valence-corrected chi connectivity index (χ0v) is 14.3. The highest BCUT2D eigenvalue weighted by Crippen LogP contribution is 2.13. The van der Waals surface area contributed by atoms with Crippen molar-refractivity contribution in [1.82, 2.24) is 24.4 Å². The number of rotatable bonds is 7. The van der Waals surface area contributed by atoms with Crippen LogP contribution in [-0.4, -0.2) is 37.5 Å². The molecule has 2 heterocycles. The fourth-order valence-corrected chi connectivity index (χ4v) is 2.64. The van der Waals surface area contributed by atoms with E-state index in [1.54, 1.807) is 24.5 Å². The monoisotopic (exact) mass is 339 g/mol. The maximum absolute atomic E-state index is 11.6. The zero-order valence-electron chi connectivity index (χ0n) is 14.3. The van der Waals surface area contributed by atoms with E-state index in [4.69, 9.17) is 4.74 Å². The van der Waals surface area contributed by atoms with E-state index in [0.29, 0.717) is 18.7 Å². The minimum absolute atomic E-state index is 0.327. The number of carbonyl (C=O) groups excluding carboxylic acids is 1. The number of nitrogens with one attached hydrogen (secondary N) is 1. The Morgan fingerprint density at radius 3 is 2.56 bits per heavy atom. The van der Waals surface area contributed by atoms with E-state index in [0.717, 1.165) is 23.8 Å². The van der Waals surface area contributed by atoms with Crippen molar-refractivity contribution in [3.8, 4) is 0 Å². The summed E-state index contributed by atoms with van der Waals surface area (Å²) in [4.78, 5) is 25.7. The van der Waals surface area contributed by atoms with Gasteiger partial charge in [0.1, 0.15) is 11.6 Å². The van der Waals surface area contributed by atoms with Crippen LogP contribution in [0.1, 0.15) is 27.6 Å². The van der Waals surface area contributed by atoms with Crippen molar-refractivity contribution in [2.24, 2.45) is 7.05 Å². The number of nitrogens with zero attached hydrogens (tertiary/aromatic N) is 4. The predicted molar refractivity (Wildman–Crippen MR) is 92.5 cm³/mol. The number of aromatic amines is 1. The van der Waals surface area contributed by atoms with Crippen LogP contribution in [0.3, 0.4) is 0 Å². The van der Waals surface area contributed by atoms with E-state index in [1.165, 1.54) is 7.11 Å². The first-order valence-electron chi connectivity index (χ1n) is 8.00. The van der Waals surface area contributed by atoms with Crippen LogP contribution in [0, 0.1) is 0 Å². The number of esters is 1. The van der Waals surface area contributed by atoms with Gasteiger partial charge in [0.2, 0.25) is 0 Å². The lowest BCUT2D eigenvalue weighted by molar-refractivity contribution is 0.0600. The van der Waals surface area contributed by atoms with Crippen molar-refractivity contribution in [3.63, 3.8) is 0 Å². The molecule has 1 N–H and O–H groups in total. The summed E-state index contributed by atoms with van der Waals surface area (Å²) in [5.74, 6) is 1.56. The largest absolute Gasteiger partial charge is 0.465 e. The highest BCUT2D eigenvalue weighted by Gasteiger charge is 2.13. The van der Waals surface area contributed by atoms with E-state index in [-0.39, 0.29) is 5.97 Å². The van der Waals surface area contributed by atoms with Crippen molar-refractivity contribution >= 4 is 5.97 Å². The number of aryl methyl sites for hydroxylation is 1. The normalized spacial score (nSPS) is 11.0. The van der Waals surface area contributed by atoms with E-state index >= 15 is 0 Å². The number of methoxy groups -OCH3 is 1. The first-order chi connectivity index (χ1) is 12.2. The number of imidazole rings is 2. The van der Waals surface area contributed by atoms with Gasteiger partial charge in [-0.2, -0.15) is 0 Å². The van der Waals surface area contributed by atoms with Gasteiger partial charge < -0.3 is 14.3 Å². The van der Waals surface area contributed by atoms with E-state index < -0.39 is 0 Å².